The molecule has 0 spiro atoms. The molecule has 1 fully saturated rings. The Balaban J connectivity index is 1.50. The molecule has 3 aromatic rings. The minimum Gasteiger partial charge on any atom is -0.335 e. The van der Waals surface area contributed by atoms with Gasteiger partial charge in [0.25, 0.3) is 5.91 Å². The predicted molar refractivity (Wildman–Crippen MR) is 110 cm³/mol. The highest BCUT2D eigenvalue weighted by Gasteiger charge is 2.32. The summed E-state index contributed by atoms with van der Waals surface area (Å²) in [4.78, 5) is 14.5. The number of aromatic nitrogens is 2. The second kappa shape index (κ2) is 7.47. The molecule has 0 aliphatic carbocycles. The van der Waals surface area contributed by atoms with Gasteiger partial charge in [0, 0.05) is 36.0 Å². The van der Waals surface area contributed by atoms with Crippen molar-refractivity contribution in [1.82, 2.24) is 19.4 Å². The maximum atomic E-state index is 12.9. The molecule has 1 aromatic heterocycles. The molecule has 1 saturated heterocycles. The Labute approximate surface area is 175 Å². The lowest BCUT2D eigenvalue weighted by Gasteiger charge is -2.33. The number of amides is 1. The van der Waals surface area contributed by atoms with Crippen LogP contribution in [0.2, 0.25) is 5.02 Å². The fraction of sp³-hybridized carbons (Fsp3) is 0.222. The fourth-order valence-corrected chi connectivity index (χ4v) is 5.66. The predicted octanol–water partition coefficient (Wildman–Crippen LogP) is 3.13. The first kappa shape index (κ1) is 19.4. The summed E-state index contributed by atoms with van der Waals surface area (Å²) in [6.45, 7) is 0.965. The zero-order chi connectivity index (χ0) is 19.9. The lowest BCUT2D eigenvalue weighted by Crippen LogP contribution is -2.50. The van der Waals surface area contributed by atoms with E-state index in [2.05, 4.69) is 26.1 Å². The average Bonchev–Trinajstić information content (AvgIpc) is 3.11. The number of hydrogen-bond donors (Lipinski definition) is 1. The highest BCUT2D eigenvalue weighted by molar-refractivity contribution is 9.10. The second-order valence-corrected chi connectivity index (χ2v) is 9.62. The first-order valence-electron chi connectivity index (χ1n) is 8.55. The van der Waals surface area contributed by atoms with E-state index < -0.39 is 10.0 Å². The van der Waals surface area contributed by atoms with Crippen LogP contribution in [-0.2, 0) is 10.0 Å². The Kier molecular flexibility index (Phi) is 5.17. The average molecular weight is 484 g/mol. The molecule has 28 heavy (non-hydrogen) atoms. The highest BCUT2D eigenvalue weighted by atomic mass is 79.9. The van der Waals surface area contributed by atoms with Crippen molar-refractivity contribution >= 4 is 54.4 Å². The molecule has 0 unspecified atom stereocenters. The van der Waals surface area contributed by atoms with Gasteiger partial charge in [-0.3, -0.25) is 9.89 Å². The Morgan fingerprint density at radius 2 is 1.82 bits per heavy atom. The van der Waals surface area contributed by atoms with Crippen LogP contribution in [0.15, 0.2) is 51.8 Å². The van der Waals surface area contributed by atoms with Gasteiger partial charge >= 0.3 is 0 Å². The zero-order valence-electron chi connectivity index (χ0n) is 14.6. The van der Waals surface area contributed by atoms with E-state index in [1.165, 1.54) is 10.4 Å². The molecule has 1 N–H and O–H groups in total. The Morgan fingerprint density at radius 1 is 1.11 bits per heavy atom. The summed E-state index contributed by atoms with van der Waals surface area (Å²) in [6.07, 6.45) is 0. The number of nitrogens with zero attached hydrogens (tertiary/aromatic N) is 3. The summed E-state index contributed by atoms with van der Waals surface area (Å²) in [7, 11) is -3.73. The number of halogens is 2. The number of rotatable bonds is 3. The third-order valence-corrected chi connectivity index (χ3v) is 7.59. The third kappa shape index (κ3) is 3.43. The zero-order valence-corrected chi connectivity index (χ0v) is 17.8. The van der Waals surface area contributed by atoms with E-state index in [1.54, 1.807) is 17.0 Å². The number of fused-ring (bicyclic) bond motifs is 1. The summed E-state index contributed by atoms with van der Waals surface area (Å²) in [6, 6.07) is 12.1. The highest BCUT2D eigenvalue weighted by Crippen LogP contribution is 2.28. The van der Waals surface area contributed by atoms with Crippen LogP contribution in [0.3, 0.4) is 0 Å². The molecule has 2 heterocycles. The lowest BCUT2D eigenvalue weighted by atomic mass is 10.2. The van der Waals surface area contributed by atoms with Crippen molar-refractivity contribution in [3.05, 3.63) is 57.7 Å². The van der Waals surface area contributed by atoms with Gasteiger partial charge in [0.05, 0.1) is 10.5 Å². The van der Waals surface area contributed by atoms with Gasteiger partial charge in [0.2, 0.25) is 10.0 Å². The second-order valence-electron chi connectivity index (χ2n) is 6.39. The van der Waals surface area contributed by atoms with Crippen LogP contribution >= 0.6 is 27.5 Å². The largest absolute Gasteiger partial charge is 0.335 e. The van der Waals surface area contributed by atoms with Crippen LogP contribution in [0, 0.1) is 0 Å². The van der Waals surface area contributed by atoms with Crippen LogP contribution in [0.25, 0.3) is 10.9 Å². The SMILES string of the molecule is O=C(c1n[nH]c2ccccc12)N1CCN(S(=O)(=O)c2ccc(Br)cc2Cl)CC1. The van der Waals surface area contributed by atoms with Crippen molar-refractivity contribution in [2.45, 2.75) is 4.90 Å². The van der Waals surface area contributed by atoms with Crippen LogP contribution in [0.4, 0.5) is 0 Å². The molecule has 0 atom stereocenters. The number of piperazine rings is 1. The van der Waals surface area contributed by atoms with Crippen molar-refractivity contribution < 1.29 is 13.2 Å². The van der Waals surface area contributed by atoms with Crippen LogP contribution in [0.1, 0.15) is 10.5 Å². The lowest BCUT2D eigenvalue weighted by molar-refractivity contribution is 0.0694. The topological polar surface area (TPSA) is 86.4 Å². The molecule has 0 saturated carbocycles. The van der Waals surface area contributed by atoms with E-state index in [0.29, 0.717) is 10.2 Å². The van der Waals surface area contributed by atoms with Crippen molar-refractivity contribution in [1.29, 1.82) is 0 Å². The quantitative estimate of drug-likeness (QED) is 0.620. The first-order chi connectivity index (χ1) is 13.4. The van der Waals surface area contributed by atoms with Crippen molar-refractivity contribution in [2.75, 3.05) is 26.2 Å². The summed E-state index contributed by atoms with van der Waals surface area (Å²) in [5.74, 6) is -0.212. The van der Waals surface area contributed by atoms with Gasteiger partial charge in [-0.1, -0.05) is 45.7 Å². The van der Waals surface area contributed by atoms with Crippen LogP contribution in [0.5, 0.6) is 0 Å². The Morgan fingerprint density at radius 3 is 2.54 bits per heavy atom. The molecule has 0 bridgehead atoms. The minimum atomic E-state index is -3.73. The molecule has 1 amide bonds. The van der Waals surface area contributed by atoms with Gasteiger partial charge in [-0.2, -0.15) is 9.40 Å². The van der Waals surface area contributed by atoms with E-state index in [9.17, 15) is 13.2 Å². The van der Waals surface area contributed by atoms with Gasteiger partial charge in [-0.05, 0) is 24.3 Å². The Hall–Kier alpha value is -1.94. The van der Waals surface area contributed by atoms with E-state index in [0.717, 1.165) is 10.9 Å². The summed E-state index contributed by atoms with van der Waals surface area (Å²) >= 11 is 9.40. The van der Waals surface area contributed by atoms with Crippen molar-refractivity contribution in [2.24, 2.45) is 0 Å². The van der Waals surface area contributed by atoms with E-state index in [4.69, 9.17) is 11.6 Å². The van der Waals surface area contributed by atoms with Crippen molar-refractivity contribution in [3.63, 3.8) is 0 Å². The number of carbonyl (C=O) groups is 1. The molecule has 146 valence electrons. The van der Waals surface area contributed by atoms with Gasteiger partial charge in [-0.15, -0.1) is 0 Å². The van der Waals surface area contributed by atoms with Crippen LogP contribution < -0.4 is 0 Å². The molecule has 10 heteroatoms. The standard InChI is InChI=1S/C18H16BrClN4O3S/c19-12-5-6-16(14(20)11-12)28(26,27)24-9-7-23(8-10-24)18(25)17-13-3-1-2-4-15(13)21-22-17/h1-6,11H,7-10H2,(H,21,22). The number of nitrogens with one attached hydrogen (secondary N) is 1. The Bertz CT molecular complexity index is 1160. The van der Waals surface area contributed by atoms with Gasteiger partial charge < -0.3 is 4.90 Å². The van der Waals surface area contributed by atoms with E-state index in [-0.39, 0.29) is 42.0 Å². The molecular weight excluding hydrogens is 468 g/mol. The van der Waals surface area contributed by atoms with Crippen LogP contribution in [-0.4, -0.2) is 59.9 Å². The maximum absolute atomic E-state index is 12.9. The molecule has 7 nitrogen and oxygen atoms in total. The first-order valence-corrected chi connectivity index (χ1v) is 11.2. The smallest absolute Gasteiger partial charge is 0.275 e. The fourth-order valence-electron chi connectivity index (χ4n) is 3.23. The number of aromatic amines is 1. The number of hydrogen-bond acceptors (Lipinski definition) is 4. The molecule has 1 aliphatic heterocycles. The summed E-state index contributed by atoms with van der Waals surface area (Å²) in [5, 5.41) is 7.90. The summed E-state index contributed by atoms with van der Waals surface area (Å²) < 4.78 is 27.9. The minimum absolute atomic E-state index is 0.0652. The molecule has 4 rings (SSSR count). The molecular formula is C18H16BrClN4O3S. The van der Waals surface area contributed by atoms with E-state index in [1.807, 2.05) is 24.3 Å². The monoisotopic (exact) mass is 482 g/mol. The van der Waals surface area contributed by atoms with Gasteiger partial charge in [0.15, 0.2) is 5.69 Å². The molecule has 1 aliphatic rings. The molecule has 2 aromatic carbocycles. The van der Waals surface area contributed by atoms with E-state index >= 15 is 0 Å². The van der Waals surface area contributed by atoms with Crippen molar-refractivity contribution in [3.8, 4) is 0 Å². The molecule has 0 radical (unpaired) electrons. The number of sulfonamides is 1. The summed E-state index contributed by atoms with van der Waals surface area (Å²) in [5.41, 5.74) is 1.14. The van der Waals surface area contributed by atoms with Gasteiger partial charge in [-0.25, -0.2) is 8.42 Å². The maximum Gasteiger partial charge on any atom is 0.275 e. The number of H-pyrrole nitrogens is 1. The number of carbonyl (C=O) groups excluding carboxylic acids is 1. The van der Waals surface area contributed by atoms with Gasteiger partial charge in [0.1, 0.15) is 4.90 Å². The number of para-hydroxylation sites is 1. The third-order valence-electron chi connectivity index (χ3n) is 4.71. The number of benzene rings is 2. The normalized spacial score (nSPS) is 15.9.